The molecule has 94 valence electrons. The molecule has 0 aliphatic heterocycles. The molecule has 0 aromatic rings. The maximum atomic E-state index is 12.1. The molecule has 0 bridgehead atoms. The van der Waals surface area contributed by atoms with Gasteiger partial charge in [0.2, 0.25) is 5.91 Å². The van der Waals surface area contributed by atoms with Gasteiger partial charge in [0.25, 0.3) is 0 Å². The molecule has 0 aromatic heterocycles. The van der Waals surface area contributed by atoms with Crippen LogP contribution >= 0.6 is 0 Å². The molecule has 0 saturated heterocycles. The number of hydrogen-bond donors (Lipinski definition) is 1. The predicted octanol–water partition coefficient (Wildman–Crippen LogP) is 3.39. The number of carbonyl (C=O) groups excluding carboxylic acids is 1. The highest BCUT2D eigenvalue weighted by molar-refractivity contribution is 5.79. The van der Waals surface area contributed by atoms with E-state index in [1.807, 2.05) is 0 Å². The molecule has 2 heteroatoms. The van der Waals surface area contributed by atoms with Crippen LogP contribution in [0.5, 0.6) is 0 Å². The normalized spacial score (nSPS) is 14.4. The molecule has 2 nitrogen and oxygen atoms in total. The molecule has 0 heterocycles. The average Bonchev–Trinajstić information content (AvgIpc) is 2.07. The van der Waals surface area contributed by atoms with E-state index in [0.29, 0.717) is 6.54 Å². The van der Waals surface area contributed by atoms with E-state index in [2.05, 4.69) is 53.4 Å². The lowest BCUT2D eigenvalue weighted by Gasteiger charge is -2.34. The number of rotatable bonds is 4. The summed E-state index contributed by atoms with van der Waals surface area (Å²) in [5, 5.41) is 2.90. The summed E-state index contributed by atoms with van der Waals surface area (Å²) in [5.74, 6) is 0.190. The van der Waals surface area contributed by atoms with Crippen molar-refractivity contribution in [2.24, 2.45) is 16.7 Å². The third kappa shape index (κ3) is 5.94. The fourth-order valence-corrected chi connectivity index (χ4v) is 1.70. The second-order valence-electron chi connectivity index (χ2n) is 6.72. The van der Waals surface area contributed by atoms with E-state index in [9.17, 15) is 4.79 Å². The quantitative estimate of drug-likeness (QED) is 0.730. The Morgan fingerprint density at radius 2 is 1.75 bits per heavy atom. The first-order valence-electron chi connectivity index (χ1n) is 5.96. The van der Waals surface area contributed by atoms with E-state index >= 15 is 0 Å². The molecule has 1 unspecified atom stereocenters. The van der Waals surface area contributed by atoms with Gasteiger partial charge in [-0.2, -0.15) is 0 Å². The standard InChI is InChI=1S/C14H27NO/c1-8-9-15-12(16)11(14(5,6)7)10-13(2,3)4/h8,11H,1,9-10H2,2-7H3,(H,15,16). The molecule has 0 fully saturated rings. The van der Waals surface area contributed by atoms with Crippen LogP contribution in [0.15, 0.2) is 12.7 Å². The van der Waals surface area contributed by atoms with Gasteiger partial charge in [0, 0.05) is 12.5 Å². The van der Waals surface area contributed by atoms with Gasteiger partial charge < -0.3 is 5.32 Å². The van der Waals surface area contributed by atoms with Gasteiger partial charge in [-0.25, -0.2) is 0 Å². The highest BCUT2D eigenvalue weighted by Gasteiger charge is 2.34. The Balaban J connectivity index is 4.68. The summed E-state index contributed by atoms with van der Waals surface area (Å²) >= 11 is 0. The van der Waals surface area contributed by atoms with Gasteiger partial charge in [-0.3, -0.25) is 4.79 Å². The number of nitrogens with one attached hydrogen (secondary N) is 1. The molecule has 0 aliphatic rings. The van der Waals surface area contributed by atoms with Crippen LogP contribution in [0.3, 0.4) is 0 Å². The summed E-state index contributed by atoms with van der Waals surface area (Å²) < 4.78 is 0. The van der Waals surface area contributed by atoms with Crippen molar-refractivity contribution in [3.8, 4) is 0 Å². The Kier molecular flexibility index (Phi) is 5.24. The van der Waals surface area contributed by atoms with E-state index in [1.165, 1.54) is 0 Å². The predicted molar refractivity (Wildman–Crippen MR) is 70.2 cm³/mol. The molecule has 0 saturated carbocycles. The molecule has 1 N–H and O–H groups in total. The second-order valence-corrected chi connectivity index (χ2v) is 6.72. The van der Waals surface area contributed by atoms with Crippen molar-refractivity contribution in [1.82, 2.24) is 5.32 Å². The van der Waals surface area contributed by atoms with Crippen molar-refractivity contribution in [3.05, 3.63) is 12.7 Å². The molecule has 0 aliphatic carbocycles. The molecule has 1 amide bonds. The van der Waals surface area contributed by atoms with Crippen LogP contribution in [0.4, 0.5) is 0 Å². The zero-order chi connectivity index (χ0) is 13.0. The molecule has 0 spiro atoms. The summed E-state index contributed by atoms with van der Waals surface area (Å²) in [5.41, 5.74) is 0.169. The van der Waals surface area contributed by atoms with Crippen LogP contribution in [-0.2, 0) is 4.79 Å². The maximum absolute atomic E-state index is 12.1. The summed E-state index contributed by atoms with van der Waals surface area (Å²) in [4.78, 5) is 12.1. The van der Waals surface area contributed by atoms with E-state index in [0.717, 1.165) is 6.42 Å². The minimum absolute atomic E-state index is 0.00146. The summed E-state index contributed by atoms with van der Waals surface area (Å²) in [6.45, 7) is 17.1. The van der Waals surface area contributed by atoms with Crippen LogP contribution in [-0.4, -0.2) is 12.5 Å². The first-order valence-corrected chi connectivity index (χ1v) is 5.96. The van der Waals surface area contributed by atoms with Gasteiger partial charge >= 0.3 is 0 Å². The van der Waals surface area contributed by atoms with Gasteiger partial charge in [0.05, 0.1) is 0 Å². The van der Waals surface area contributed by atoms with Crippen LogP contribution in [0.25, 0.3) is 0 Å². The van der Waals surface area contributed by atoms with Gasteiger partial charge in [0.15, 0.2) is 0 Å². The smallest absolute Gasteiger partial charge is 0.223 e. The van der Waals surface area contributed by atoms with E-state index < -0.39 is 0 Å². The fraction of sp³-hybridized carbons (Fsp3) is 0.786. The lowest BCUT2D eigenvalue weighted by Crippen LogP contribution is -2.40. The zero-order valence-electron chi connectivity index (χ0n) is 11.7. The molecule has 0 radical (unpaired) electrons. The Morgan fingerprint density at radius 1 is 1.25 bits per heavy atom. The SMILES string of the molecule is C=CCNC(=O)C(CC(C)(C)C)C(C)(C)C. The van der Waals surface area contributed by atoms with Crippen molar-refractivity contribution in [2.75, 3.05) is 6.54 Å². The molecule has 1 atom stereocenters. The summed E-state index contributed by atoms with van der Waals surface area (Å²) in [6.07, 6.45) is 2.62. The first-order chi connectivity index (χ1) is 7.08. The fourth-order valence-electron chi connectivity index (χ4n) is 1.70. The van der Waals surface area contributed by atoms with Crippen molar-refractivity contribution in [2.45, 2.75) is 48.0 Å². The number of amides is 1. The van der Waals surface area contributed by atoms with Crippen LogP contribution in [0, 0.1) is 16.7 Å². The van der Waals surface area contributed by atoms with Gasteiger partial charge in [-0.05, 0) is 17.3 Å². The Bertz CT molecular complexity index is 242. The van der Waals surface area contributed by atoms with Crippen LogP contribution in [0.2, 0.25) is 0 Å². The number of hydrogen-bond acceptors (Lipinski definition) is 1. The largest absolute Gasteiger partial charge is 0.352 e. The molecule has 0 aromatic carbocycles. The monoisotopic (exact) mass is 225 g/mol. The molecule has 16 heavy (non-hydrogen) atoms. The van der Waals surface area contributed by atoms with Gasteiger partial charge in [-0.15, -0.1) is 6.58 Å². The number of carbonyl (C=O) groups is 1. The van der Waals surface area contributed by atoms with Crippen LogP contribution in [0.1, 0.15) is 48.0 Å². The van der Waals surface area contributed by atoms with Crippen molar-refractivity contribution < 1.29 is 4.79 Å². The summed E-state index contributed by atoms with van der Waals surface area (Å²) in [6, 6.07) is 0. The van der Waals surface area contributed by atoms with E-state index in [1.54, 1.807) is 6.08 Å². The van der Waals surface area contributed by atoms with E-state index in [-0.39, 0.29) is 22.7 Å². The third-order valence-electron chi connectivity index (χ3n) is 2.60. The van der Waals surface area contributed by atoms with Gasteiger partial charge in [0.1, 0.15) is 0 Å². The Labute approximate surface area is 101 Å². The minimum Gasteiger partial charge on any atom is -0.352 e. The topological polar surface area (TPSA) is 29.1 Å². The third-order valence-corrected chi connectivity index (χ3v) is 2.60. The lowest BCUT2D eigenvalue weighted by molar-refractivity contribution is -0.129. The average molecular weight is 225 g/mol. The second kappa shape index (κ2) is 5.51. The van der Waals surface area contributed by atoms with Crippen molar-refractivity contribution in [3.63, 3.8) is 0 Å². The Hall–Kier alpha value is -0.790. The molecule has 0 rings (SSSR count). The minimum atomic E-state index is -0.00146. The van der Waals surface area contributed by atoms with Crippen molar-refractivity contribution in [1.29, 1.82) is 0 Å². The lowest BCUT2D eigenvalue weighted by atomic mass is 9.72. The van der Waals surface area contributed by atoms with Crippen molar-refractivity contribution >= 4 is 5.91 Å². The Morgan fingerprint density at radius 3 is 2.06 bits per heavy atom. The zero-order valence-corrected chi connectivity index (χ0v) is 11.7. The van der Waals surface area contributed by atoms with E-state index in [4.69, 9.17) is 0 Å². The molecular formula is C14H27NO. The highest BCUT2D eigenvalue weighted by atomic mass is 16.1. The highest BCUT2D eigenvalue weighted by Crippen LogP contribution is 2.35. The first kappa shape index (κ1) is 15.2. The van der Waals surface area contributed by atoms with Crippen LogP contribution < -0.4 is 5.32 Å². The maximum Gasteiger partial charge on any atom is 0.223 e. The molecular weight excluding hydrogens is 198 g/mol. The summed E-state index contributed by atoms with van der Waals surface area (Å²) in [7, 11) is 0. The van der Waals surface area contributed by atoms with Gasteiger partial charge in [-0.1, -0.05) is 47.6 Å².